The van der Waals surface area contributed by atoms with E-state index in [2.05, 4.69) is 47.9 Å². The number of nitrogens with one attached hydrogen (secondary N) is 2. The molecular formula is C13H20N2. The maximum atomic E-state index is 3.55. The SMILES string of the molecule is CCCNCCC1=CC2C=CC=CC2N1. The summed E-state index contributed by atoms with van der Waals surface area (Å²) < 4.78 is 0. The van der Waals surface area contributed by atoms with Crippen LogP contribution in [-0.2, 0) is 0 Å². The summed E-state index contributed by atoms with van der Waals surface area (Å²) in [6, 6.07) is 0.510. The van der Waals surface area contributed by atoms with E-state index in [1.165, 1.54) is 12.1 Å². The van der Waals surface area contributed by atoms with Crippen LogP contribution in [0.4, 0.5) is 0 Å². The number of rotatable bonds is 5. The summed E-state index contributed by atoms with van der Waals surface area (Å²) in [6.07, 6.45) is 13.5. The Bertz CT molecular complexity index is 289. The minimum Gasteiger partial charge on any atom is -0.381 e. The summed E-state index contributed by atoms with van der Waals surface area (Å²) in [4.78, 5) is 0. The molecule has 2 heteroatoms. The summed E-state index contributed by atoms with van der Waals surface area (Å²) in [5.74, 6) is 0.580. The van der Waals surface area contributed by atoms with Crippen LogP contribution < -0.4 is 10.6 Å². The lowest BCUT2D eigenvalue weighted by Gasteiger charge is -2.16. The lowest BCUT2D eigenvalue weighted by atomic mass is 9.98. The van der Waals surface area contributed by atoms with Crippen LogP contribution in [0, 0.1) is 5.92 Å². The second-order valence-electron chi connectivity index (χ2n) is 4.21. The average Bonchev–Trinajstić information content (AvgIpc) is 2.67. The summed E-state index contributed by atoms with van der Waals surface area (Å²) in [6.45, 7) is 4.41. The monoisotopic (exact) mass is 204 g/mol. The van der Waals surface area contributed by atoms with E-state index >= 15 is 0 Å². The lowest BCUT2D eigenvalue weighted by molar-refractivity contribution is 0.610. The summed E-state index contributed by atoms with van der Waals surface area (Å²) in [5, 5.41) is 6.98. The number of hydrogen-bond donors (Lipinski definition) is 2. The minimum absolute atomic E-state index is 0.510. The normalized spacial score (nSPS) is 27.4. The number of hydrogen-bond acceptors (Lipinski definition) is 2. The smallest absolute Gasteiger partial charge is 0.0542 e. The van der Waals surface area contributed by atoms with Gasteiger partial charge in [0.15, 0.2) is 0 Å². The van der Waals surface area contributed by atoms with E-state index in [1.807, 2.05) is 0 Å². The van der Waals surface area contributed by atoms with Crippen molar-refractivity contribution < 1.29 is 0 Å². The number of fused-ring (bicyclic) bond motifs is 1. The van der Waals surface area contributed by atoms with Gasteiger partial charge in [0, 0.05) is 18.2 Å². The van der Waals surface area contributed by atoms with Crippen LogP contribution in [0.1, 0.15) is 19.8 Å². The second kappa shape index (κ2) is 5.17. The van der Waals surface area contributed by atoms with Gasteiger partial charge in [-0.2, -0.15) is 0 Å². The van der Waals surface area contributed by atoms with Crippen LogP contribution in [0.5, 0.6) is 0 Å². The van der Waals surface area contributed by atoms with E-state index < -0.39 is 0 Å². The van der Waals surface area contributed by atoms with Crippen molar-refractivity contribution in [3.05, 3.63) is 36.1 Å². The highest BCUT2D eigenvalue weighted by atomic mass is 15.0. The molecule has 0 saturated heterocycles. The molecule has 0 spiro atoms. The minimum atomic E-state index is 0.510. The summed E-state index contributed by atoms with van der Waals surface area (Å²) in [7, 11) is 0. The predicted molar refractivity (Wildman–Crippen MR) is 64.6 cm³/mol. The molecule has 1 aliphatic carbocycles. The van der Waals surface area contributed by atoms with Crippen molar-refractivity contribution in [3.63, 3.8) is 0 Å². The molecular weight excluding hydrogens is 184 g/mol. The Hall–Kier alpha value is -1.02. The van der Waals surface area contributed by atoms with Crippen LogP contribution in [0.2, 0.25) is 0 Å². The Morgan fingerprint density at radius 1 is 1.27 bits per heavy atom. The van der Waals surface area contributed by atoms with Gasteiger partial charge in [0.05, 0.1) is 6.04 Å². The van der Waals surface area contributed by atoms with Gasteiger partial charge in [0.1, 0.15) is 0 Å². The highest BCUT2D eigenvalue weighted by molar-refractivity contribution is 5.29. The molecule has 2 unspecified atom stereocenters. The molecule has 0 saturated carbocycles. The molecule has 82 valence electrons. The standard InChI is InChI=1S/C13H20N2/c1-2-8-14-9-7-12-10-11-5-3-4-6-13(11)15-12/h3-6,10-11,13-15H,2,7-9H2,1H3. The third-order valence-corrected chi connectivity index (χ3v) is 2.92. The zero-order valence-electron chi connectivity index (χ0n) is 9.37. The van der Waals surface area contributed by atoms with Crippen LogP contribution in [0.3, 0.4) is 0 Å². The highest BCUT2D eigenvalue weighted by Gasteiger charge is 2.23. The molecule has 2 aliphatic rings. The summed E-state index contributed by atoms with van der Waals surface area (Å²) in [5.41, 5.74) is 1.39. The van der Waals surface area contributed by atoms with Gasteiger partial charge in [-0.1, -0.05) is 37.3 Å². The first-order chi connectivity index (χ1) is 7.40. The van der Waals surface area contributed by atoms with Gasteiger partial charge in [0.25, 0.3) is 0 Å². The predicted octanol–water partition coefficient (Wildman–Crippen LogP) is 1.97. The van der Waals surface area contributed by atoms with Crippen molar-refractivity contribution in [2.75, 3.05) is 13.1 Å². The number of allylic oxidation sites excluding steroid dienone is 2. The fraction of sp³-hybridized carbons (Fsp3) is 0.538. The van der Waals surface area contributed by atoms with Gasteiger partial charge < -0.3 is 10.6 Å². The van der Waals surface area contributed by atoms with E-state index in [-0.39, 0.29) is 0 Å². The Morgan fingerprint density at radius 3 is 2.93 bits per heavy atom. The molecule has 0 fully saturated rings. The molecule has 1 heterocycles. The van der Waals surface area contributed by atoms with Crippen molar-refractivity contribution in [3.8, 4) is 0 Å². The molecule has 2 atom stereocenters. The van der Waals surface area contributed by atoms with E-state index in [0.29, 0.717) is 12.0 Å². The third kappa shape index (κ3) is 2.72. The maximum Gasteiger partial charge on any atom is 0.0542 e. The molecule has 0 amide bonds. The van der Waals surface area contributed by atoms with Crippen molar-refractivity contribution >= 4 is 0 Å². The van der Waals surface area contributed by atoms with Gasteiger partial charge in [0.2, 0.25) is 0 Å². The quantitative estimate of drug-likeness (QED) is 0.669. The van der Waals surface area contributed by atoms with Gasteiger partial charge in [-0.25, -0.2) is 0 Å². The fourth-order valence-electron chi connectivity index (χ4n) is 2.10. The second-order valence-corrected chi connectivity index (χ2v) is 4.21. The van der Waals surface area contributed by atoms with Gasteiger partial charge in [-0.3, -0.25) is 0 Å². The van der Waals surface area contributed by atoms with E-state index in [9.17, 15) is 0 Å². The van der Waals surface area contributed by atoms with Crippen molar-refractivity contribution in [1.29, 1.82) is 0 Å². The molecule has 0 radical (unpaired) electrons. The van der Waals surface area contributed by atoms with Crippen LogP contribution in [0.25, 0.3) is 0 Å². The molecule has 1 aliphatic heterocycles. The van der Waals surface area contributed by atoms with Gasteiger partial charge in [-0.15, -0.1) is 0 Å². The van der Waals surface area contributed by atoms with Crippen LogP contribution in [0.15, 0.2) is 36.1 Å². The van der Waals surface area contributed by atoms with E-state index in [0.717, 1.165) is 19.5 Å². The molecule has 0 bridgehead atoms. The van der Waals surface area contributed by atoms with Crippen molar-refractivity contribution in [1.82, 2.24) is 10.6 Å². The van der Waals surface area contributed by atoms with Crippen molar-refractivity contribution in [2.45, 2.75) is 25.8 Å². The Kier molecular flexibility index (Phi) is 3.62. The maximum absolute atomic E-state index is 3.55. The average molecular weight is 204 g/mol. The molecule has 0 aromatic carbocycles. The lowest BCUT2D eigenvalue weighted by Crippen LogP contribution is -2.27. The molecule has 0 aromatic rings. The molecule has 2 rings (SSSR count). The fourth-order valence-corrected chi connectivity index (χ4v) is 2.10. The third-order valence-electron chi connectivity index (χ3n) is 2.92. The van der Waals surface area contributed by atoms with Gasteiger partial charge >= 0.3 is 0 Å². The Labute approximate surface area is 92.1 Å². The molecule has 2 nitrogen and oxygen atoms in total. The topological polar surface area (TPSA) is 24.1 Å². The molecule has 15 heavy (non-hydrogen) atoms. The largest absolute Gasteiger partial charge is 0.381 e. The Balaban J connectivity index is 1.75. The first kappa shape index (κ1) is 10.5. The summed E-state index contributed by atoms with van der Waals surface area (Å²) >= 11 is 0. The first-order valence-electron chi connectivity index (χ1n) is 5.93. The molecule has 0 aromatic heterocycles. The van der Waals surface area contributed by atoms with E-state index in [4.69, 9.17) is 0 Å². The molecule has 2 N–H and O–H groups in total. The van der Waals surface area contributed by atoms with Crippen molar-refractivity contribution in [2.24, 2.45) is 5.92 Å². The first-order valence-corrected chi connectivity index (χ1v) is 5.93. The van der Waals surface area contributed by atoms with Crippen LogP contribution >= 0.6 is 0 Å². The highest BCUT2D eigenvalue weighted by Crippen LogP contribution is 2.23. The zero-order chi connectivity index (χ0) is 10.5. The van der Waals surface area contributed by atoms with Gasteiger partial charge in [-0.05, 0) is 19.4 Å². The Morgan fingerprint density at radius 2 is 2.13 bits per heavy atom. The van der Waals surface area contributed by atoms with E-state index in [1.54, 1.807) is 0 Å². The van der Waals surface area contributed by atoms with Crippen LogP contribution in [-0.4, -0.2) is 19.1 Å². The zero-order valence-corrected chi connectivity index (χ0v) is 9.37.